The number of ketones is 1. The normalized spacial score (nSPS) is 16.4. The number of allylic oxidation sites excluding steroid dienone is 4. The zero-order chi connectivity index (χ0) is 21.5. The maximum atomic E-state index is 12.1. The van der Waals surface area contributed by atoms with Gasteiger partial charge in [-0.2, -0.15) is 0 Å². The first-order chi connectivity index (χ1) is 14.4. The van der Waals surface area contributed by atoms with E-state index in [9.17, 15) is 18.4 Å². The van der Waals surface area contributed by atoms with Gasteiger partial charge >= 0.3 is 0 Å². The van der Waals surface area contributed by atoms with Crippen molar-refractivity contribution in [2.75, 3.05) is 10.1 Å². The van der Waals surface area contributed by atoms with E-state index in [2.05, 4.69) is 6.08 Å². The quantitative estimate of drug-likeness (QED) is 0.465. The highest BCUT2D eigenvalue weighted by Crippen LogP contribution is 2.29. The van der Waals surface area contributed by atoms with E-state index in [-0.39, 0.29) is 22.5 Å². The number of nitrogens with zero attached hydrogens (tertiary/aromatic N) is 1. The van der Waals surface area contributed by atoms with Crippen LogP contribution in [0.2, 0.25) is 0 Å². The van der Waals surface area contributed by atoms with Gasteiger partial charge in [0.15, 0.2) is 17.2 Å². The number of ether oxygens (including phenoxy) is 2. The number of anilines is 1. The lowest BCUT2D eigenvalue weighted by Crippen LogP contribution is -2.27. The van der Waals surface area contributed by atoms with Crippen LogP contribution >= 0.6 is 11.8 Å². The van der Waals surface area contributed by atoms with E-state index in [1.807, 2.05) is 12.2 Å². The van der Waals surface area contributed by atoms with Gasteiger partial charge in [0.2, 0.25) is 5.88 Å². The summed E-state index contributed by atoms with van der Waals surface area (Å²) >= 11 is -1.49. The minimum Gasteiger partial charge on any atom is -0.463 e. The molecule has 1 aromatic rings. The smallest absolute Gasteiger partial charge is 0.269 e. The second-order valence-electron chi connectivity index (χ2n) is 6.52. The highest BCUT2D eigenvalue weighted by Gasteiger charge is 2.24. The van der Waals surface area contributed by atoms with Crippen LogP contribution in [0.5, 0.6) is 0 Å². The first-order valence-electron chi connectivity index (χ1n) is 9.19. The first-order valence-corrected chi connectivity index (χ1v) is 11.2. The van der Waals surface area contributed by atoms with E-state index in [1.54, 1.807) is 12.1 Å². The Morgan fingerprint density at radius 2 is 2.00 bits per heavy atom. The first kappa shape index (κ1) is 22.1. The predicted molar refractivity (Wildman–Crippen MR) is 117 cm³/mol. The fraction of sp³-hybridized carbons (Fsp3) is 0.238. The molecule has 1 heterocycles. The summed E-state index contributed by atoms with van der Waals surface area (Å²) in [5.41, 5.74) is 1.93. The van der Waals surface area contributed by atoms with Crippen molar-refractivity contribution in [2.45, 2.75) is 26.2 Å². The molecule has 1 aliphatic carbocycles. The number of thioether (sulfide) groups is 1. The second kappa shape index (κ2) is 10.4. The maximum absolute atomic E-state index is 12.1. The van der Waals surface area contributed by atoms with Gasteiger partial charge in [0.25, 0.3) is 11.3 Å². The van der Waals surface area contributed by atoms with Crippen molar-refractivity contribution in [3.05, 3.63) is 77.8 Å². The molecule has 158 valence electrons. The van der Waals surface area contributed by atoms with Crippen LogP contribution in [0.15, 0.2) is 72.2 Å². The zero-order valence-electron chi connectivity index (χ0n) is 16.3. The summed E-state index contributed by atoms with van der Waals surface area (Å²) in [6.07, 6.45) is 11.2. The van der Waals surface area contributed by atoms with Gasteiger partial charge in [-0.3, -0.25) is 14.1 Å². The van der Waals surface area contributed by atoms with Crippen LogP contribution in [0.25, 0.3) is 0 Å². The molecule has 2 aliphatic rings. The van der Waals surface area contributed by atoms with Crippen molar-refractivity contribution in [1.29, 1.82) is 0 Å². The van der Waals surface area contributed by atoms with E-state index in [1.165, 1.54) is 37.2 Å². The standard InChI is InChI=1S/C21H21NO6S2/c1-15(23)29-14-20(24)17-7-9-18(10-8-17)22(30(25)26)21-13-27-12-19(28-21)11-16-5-3-2-4-6-16/h2-3,5,7-10,12-13H,4,6,11,14H2,1H3,(H,25,26). The van der Waals surface area contributed by atoms with Crippen LogP contribution < -0.4 is 4.31 Å². The van der Waals surface area contributed by atoms with Gasteiger partial charge in [-0.15, -0.1) is 0 Å². The zero-order valence-corrected chi connectivity index (χ0v) is 17.9. The van der Waals surface area contributed by atoms with Crippen LogP contribution in [0.4, 0.5) is 5.69 Å². The molecule has 30 heavy (non-hydrogen) atoms. The van der Waals surface area contributed by atoms with E-state index in [4.69, 9.17) is 9.47 Å². The van der Waals surface area contributed by atoms with Crippen LogP contribution in [0.1, 0.15) is 36.5 Å². The molecule has 0 saturated heterocycles. The molecule has 1 atom stereocenters. The average molecular weight is 448 g/mol. The van der Waals surface area contributed by atoms with Crippen molar-refractivity contribution < 1.29 is 27.8 Å². The van der Waals surface area contributed by atoms with Gasteiger partial charge in [-0.1, -0.05) is 35.6 Å². The monoisotopic (exact) mass is 447 g/mol. The van der Waals surface area contributed by atoms with Crippen LogP contribution in [-0.2, 0) is 25.5 Å². The average Bonchev–Trinajstić information content (AvgIpc) is 2.73. The fourth-order valence-electron chi connectivity index (χ4n) is 2.87. The van der Waals surface area contributed by atoms with Crippen molar-refractivity contribution in [3.8, 4) is 0 Å². The number of carbonyl (C=O) groups is 2. The molecule has 3 rings (SSSR count). The minimum absolute atomic E-state index is 0.0472. The molecular formula is C21H21NO6S2. The van der Waals surface area contributed by atoms with Gasteiger partial charge < -0.3 is 9.47 Å². The molecule has 7 nitrogen and oxygen atoms in total. The Balaban J connectivity index is 1.71. The lowest BCUT2D eigenvalue weighted by atomic mass is 10.0. The summed E-state index contributed by atoms with van der Waals surface area (Å²) in [7, 11) is 0. The summed E-state index contributed by atoms with van der Waals surface area (Å²) in [4.78, 5) is 23.2. The summed E-state index contributed by atoms with van der Waals surface area (Å²) in [6, 6.07) is 6.16. The SMILES string of the molecule is CC(=O)SCC(=O)c1ccc(N(C2=COC=C(CC3=CC=CCC3)O2)S(=O)O)cc1. The molecular weight excluding hydrogens is 426 g/mol. The van der Waals surface area contributed by atoms with Gasteiger partial charge in [-0.05, 0) is 37.1 Å². The number of Topliss-reactive ketones (excluding diaryl/α,β-unsaturated/α-hetero) is 1. The van der Waals surface area contributed by atoms with Crippen LogP contribution in [-0.4, -0.2) is 25.4 Å². The van der Waals surface area contributed by atoms with Crippen molar-refractivity contribution in [3.63, 3.8) is 0 Å². The summed E-state index contributed by atoms with van der Waals surface area (Å²) in [5, 5.41) is -0.132. The van der Waals surface area contributed by atoms with E-state index in [0.717, 1.165) is 28.9 Å². The molecule has 0 aromatic heterocycles. The van der Waals surface area contributed by atoms with Gasteiger partial charge in [-0.25, -0.2) is 8.51 Å². The van der Waals surface area contributed by atoms with Crippen molar-refractivity contribution in [2.24, 2.45) is 0 Å². The maximum Gasteiger partial charge on any atom is 0.269 e. The molecule has 0 fully saturated rings. The fourth-order valence-corrected chi connectivity index (χ4v) is 3.91. The third kappa shape index (κ3) is 5.94. The minimum atomic E-state index is -2.43. The van der Waals surface area contributed by atoms with Gasteiger partial charge in [0.05, 0.1) is 11.4 Å². The molecule has 1 aliphatic heterocycles. The molecule has 0 radical (unpaired) electrons. The number of carbonyl (C=O) groups excluding carboxylic acids is 2. The topological polar surface area (TPSA) is 93.1 Å². The lowest BCUT2D eigenvalue weighted by molar-refractivity contribution is -0.109. The van der Waals surface area contributed by atoms with Crippen molar-refractivity contribution in [1.82, 2.24) is 0 Å². The summed E-state index contributed by atoms with van der Waals surface area (Å²) in [6.45, 7) is 1.40. The molecule has 1 N–H and O–H groups in total. The third-order valence-corrected chi connectivity index (χ3v) is 5.81. The number of rotatable bonds is 8. The Kier molecular flexibility index (Phi) is 7.67. The number of hydrogen-bond acceptors (Lipinski definition) is 6. The van der Waals surface area contributed by atoms with E-state index in [0.29, 0.717) is 23.4 Å². The molecule has 0 saturated carbocycles. The number of benzene rings is 1. The Bertz CT molecular complexity index is 962. The summed E-state index contributed by atoms with van der Waals surface area (Å²) in [5.74, 6) is 0.435. The predicted octanol–water partition coefficient (Wildman–Crippen LogP) is 4.45. The third-order valence-electron chi connectivity index (χ3n) is 4.29. The Morgan fingerprint density at radius 3 is 2.63 bits per heavy atom. The van der Waals surface area contributed by atoms with Gasteiger partial charge in [0.1, 0.15) is 12.0 Å². The molecule has 0 bridgehead atoms. The molecule has 0 spiro atoms. The van der Waals surface area contributed by atoms with Crippen molar-refractivity contribution >= 4 is 39.6 Å². The largest absolute Gasteiger partial charge is 0.463 e. The Hall–Kier alpha value is -2.62. The van der Waals surface area contributed by atoms with Gasteiger partial charge in [0, 0.05) is 18.9 Å². The van der Waals surface area contributed by atoms with E-state index < -0.39 is 11.3 Å². The second-order valence-corrected chi connectivity index (χ2v) is 8.50. The summed E-state index contributed by atoms with van der Waals surface area (Å²) < 4.78 is 34.0. The highest BCUT2D eigenvalue weighted by atomic mass is 32.2. The number of hydrogen-bond donors (Lipinski definition) is 1. The molecule has 1 aromatic carbocycles. The van der Waals surface area contributed by atoms with Crippen LogP contribution in [0, 0.1) is 0 Å². The Labute approximate surface area is 181 Å². The highest BCUT2D eigenvalue weighted by molar-refractivity contribution is 8.14. The van der Waals surface area contributed by atoms with E-state index >= 15 is 0 Å². The molecule has 1 unspecified atom stereocenters. The molecule has 0 amide bonds. The lowest BCUT2D eigenvalue weighted by Gasteiger charge is -2.25. The van der Waals surface area contributed by atoms with Crippen LogP contribution in [0.3, 0.4) is 0 Å². The molecule has 9 heteroatoms. The Morgan fingerprint density at radius 1 is 1.23 bits per heavy atom.